The predicted octanol–water partition coefficient (Wildman–Crippen LogP) is -2.55. The van der Waals surface area contributed by atoms with E-state index >= 15 is 0 Å². The van der Waals surface area contributed by atoms with Gasteiger partial charge in [-0.25, -0.2) is 18.4 Å². The van der Waals surface area contributed by atoms with E-state index in [-0.39, 0.29) is 40.7 Å². The number of nitrogen functional groups attached to an aromatic ring is 1. The van der Waals surface area contributed by atoms with Gasteiger partial charge in [0.25, 0.3) is 7.82 Å². The summed E-state index contributed by atoms with van der Waals surface area (Å²) in [5.41, 5.74) is 6.33. The SMILES string of the molecule is Nc1nc(Cl)nc2c1ncn2C1CCC(COP(=O)(O)OP(=O)(O)OP(=O)([O-])O)O1.[Na+]. The molecule has 2 aromatic heterocycles. The van der Waals surface area contributed by atoms with Gasteiger partial charge in [-0.15, -0.1) is 0 Å². The Labute approximate surface area is 200 Å². The van der Waals surface area contributed by atoms with E-state index in [0.717, 1.165) is 0 Å². The molecule has 1 fully saturated rings. The second-order valence-electron chi connectivity index (χ2n) is 5.86. The number of halogens is 1. The second kappa shape index (κ2) is 10.1. The van der Waals surface area contributed by atoms with Gasteiger partial charge in [-0.2, -0.15) is 14.3 Å². The number of imidazole rings is 1. The molecule has 1 aliphatic rings. The number of phosphoric ester groups is 1. The maximum Gasteiger partial charge on any atom is 1.00 e. The predicted molar refractivity (Wildman–Crippen MR) is 95.5 cm³/mol. The quantitative estimate of drug-likeness (QED) is 0.156. The number of hydrogen-bond acceptors (Lipinski definition) is 12. The average molecular weight is 532 g/mol. The van der Waals surface area contributed by atoms with E-state index in [9.17, 15) is 23.5 Å². The summed E-state index contributed by atoms with van der Waals surface area (Å²) >= 11 is 5.80. The summed E-state index contributed by atoms with van der Waals surface area (Å²) in [6.45, 7) is -0.567. The summed E-state index contributed by atoms with van der Waals surface area (Å²) < 4.78 is 52.4. The number of rotatable bonds is 8. The number of fused-ring (bicyclic) bond motifs is 1. The number of hydrogen-bond donors (Lipinski definition) is 4. The molecule has 2 aromatic rings. The number of nitrogens with two attached hydrogens (primary N) is 1. The number of aromatic nitrogens is 4. The normalized spacial score (nSPS) is 24.8. The number of anilines is 1. The van der Waals surface area contributed by atoms with E-state index < -0.39 is 42.4 Å². The van der Waals surface area contributed by atoms with Gasteiger partial charge >= 0.3 is 45.2 Å². The van der Waals surface area contributed by atoms with E-state index in [2.05, 4.69) is 28.1 Å². The van der Waals surface area contributed by atoms with Crippen LogP contribution in [0.2, 0.25) is 5.28 Å². The maximum atomic E-state index is 11.7. The van der Waals surface area contributed by atoms with Crippen LogP contribution in [0.25, 0.3) is 11.2 Å². The first-order valence-electron chi connectivity index (χ1n) is 7.82. The standard InChI is InChI=1S/C10H15ClN5O11P3.Na/c11-10-14-8(12)7-9(15-10)16(4-13-7)6-2-1-5(25-6)3-24-29(20,21)27-30(22,23)26-28(17,18)19;/h4-6H,1-3H2,(H,20,21)(H,22,23)(H2,12,14,15)(H2,17,18,19);/q;+1/p-1. The molecule has 3 heterocycles. The Bertz CT molecular complexity index is 1100. The van der Waals surface area contributed by atoms with Crippen LogP contribution >= 0.6 is 35.1 Å². The van der Waals surface area contributed by atoms with Crippen molar-refractivity contribution in [1.29, 1.82) is 0 Å². The van der Waals surface area contributed by atoms with Crippen LogP contribution in [0.1, 0.15) is 19.1 Å². The zero-order chi connectivity index (χ0) is 22.3. The van der Waals surface area contributed by atoms with Crippen molar-refractivity contribution < 1.29 is 80.7 Å². The fraction of sp³-hybridized carbons (Fsp3) is 0.500. The molecule has 1 saturated heterocycles. The molecule has 0 bridgehead atoms. The van der Waals surface area contributed by atoms with Crippen LogP contribution in [0.3, 0.4) is 0 Å². The molecule has 21 heteroatoms. The molecule has 31 heavy (non-hydrogen) atoms. The van der Waals surface area contributed by atoms with Crippen molar-refractivity contribution in [2.45, 2.75) is 25.2 Å². The fourth-order valence-corrected chi connectivity index (χ4v) is 5.80. The average Bonchev–Trinajstić information content (AvgIpc) is 3.15. The first kappa shape index (κ1) is 27.3. The van der Waals surface area contributed by atoms with Gasteiger partial charge < -0.3 is 30.0 Å². The summed E-state index contributed by atoms with van der Waals surface area (Å²) in [5.74, 6) is 0.0705. The first-order valence-corrected chi connectivity index (χ1v) is 12.7. The fourth-order valence-electron chi connectivity index (χ4n) is 2.61. The largest absolute Gasteiger partial charge is 1.00 e. The molecule has 0 aliphatic carbocycles. The molecule has 5 unspecified atom stereocenters. The molecule has 5 atom stereocenters. The van der Waals surface area contributed by atoms with Gasteiger partial charge in [-0.1, -0.05) is 0 Å². The zero-order valence-corrected chi connectivity index (χ0v) is 21.0. The first-order chi connectivity index (χ1) is 13.7. The third-order valence-electron chi connectivity index (χ3n) is 3.65. The Hall–Kier alpha value is 0.01000. The van der Waals surface area contributed by atoms with Crippen LogP contribution in [0, 0.1) is 0 Å². The van der Waals surface area contributed by atoms with Crippen molar-refractivity contribution in [2.24, 2.45) is 0 Å². The van der Waals surface area contributed by atoms with Crippen molar-refractivity contribution in [1.82, 2.24) is 19.5 Å². The number of ether oxygens (including phenoxy) is 1. The van der Waals surface area contributed by atoms with Crippen LogP contribution < -0.4 is 40.2 Å². The molecule has 1 aliphatic heterocycles. The monoisotopic (exact) mass is 531 g/mol. The van der Waals surface area contributed by atoms with Crippen molar-refractivity contribution >= 4 is 52.1 Å². The van der Waals surface area contributed by atoms with Crippen LogP contribution in [0.15, 0.2) is 6.33 Å². The van der Waals surface area contributed by atoms with Crippen LogP contribution in [0.4, 0.5) is 5.82 Å². The topological polar surface area (TPSA) is 241 Å². The molecule has 0 saturated carbocycles. The smallest absolute Gasteiger partial charge is 0.756 e. The molecule has 0 spiro atoms. The molecule has 168 valence electrons. The van der Waals surface area contributed by atoms with Crippen LogP contribution in [-0.2, 0) is 31.6 Å². The molecule has 0 aromatic carbocycles. The van der Waals surface area contributed by atoms with Gasteiger partial charge in [-0.3, -0.25) is 13.7 Å². The van der Waals surface area contributed by atoms with Crippen molar-refractivity contribution in [3.05, 3.63) is 11.6 Å². The van der Waals surface area contributed by atoms with E-state index in [1.54, 1.807) is 0 Å². The maximum absolute atomic E-state index is 11.7. The van der Waals surface area contributed by atoms with Crippen LogP contribution in [-0.4, -0.2) is 46.9 Å². The van der Waals surface area contributed by atoms with Gasteiger partial charge in [0.15, 0.2) is 11.5 Å². The zero-order valence-electron chi connectivity index (χ0n) is 15.5. The van der Waals surface area contributed by atoms with E-state index in [1.807, 2.05) is 0 Å². The molecular weight excluding hydrogens is 517 g/mol. The Morgan fingerprint density at radius 1 is 1.23 bits per heavy atom. The third-order valence-corrected chi connectivity index (χ3v) is 7.60. The Morgan fingerprint density at radius 2 is 1.90 bits per heavy atom. The number of phosphoric acid groups is 3. The van der Waals surface area contributed by atoms with E-state index in [0.29, 0.717) is 24.0 Å². The Balaban J connectivity index is 0.00000341. The van der Waals surface area contributed by atoms with Gasteiger partial charge in [0.2, 0.25) is 5.28 Å². The Kier molecular flexibility index (Phi) is 8.88. The van der Waals surface area contributed by atoms with E-state index in [1.165, 1.54) is 10.9 Å². The number of nitrogens with zero attached hydrogens (tertiary/aromatic N) is 4. The second-order valence-corrected chi connectivity index (χ2v) is 10.6. The molecule has 5 N–H and O–H groups in total. The summed E-state index contributed by atoms with van der Waals surface area (Å²) in [6, 6.07) is 0. The minimum absolute atomic E-state index is 0. The van der Waals surface area contributed by atoms with Gasteiger partial charge in [-0.05, 0) is 24.4 Å². The Morgan fingerprint density at radius 3 is 2.55 bits per heavy atom. The summed E-state index contributed by atoms with van der Waals surface area (Å²) in [7, 11) is -16.6. The summed E-state index contributed by atoms with van der Waals surface area (Å²) in [4.78, 5) is 49.3. The minimum atomic E-state index is -5.71. The summed E-state index contributed by atoms with van der Waals surface area (Å²) in [6.07, 6.45) is 0.770. The molecule has 3 rings (SSSR count). The third kappa shape index (κ3) is 7.51. The van der Waals surface area contributed by atoms with Crippen LogP contribution in [0.5, 0.6) is 0 Å². The molecule has 16 nitrogen and oxygen atoms in total. The van der Waals surface area contributed by atoms with Gasteiger partial charge in [0.05, 0.1) is 19.0 Å². The van der Waals surface area contributed by atoms with Crippen molar-refractivity contribution in [3.63, 3.8) is 0 Å². The van der Waals surface area contributed by atoms with Crippen molar-refractivity contribution in [2.75, 3.05) is 12.3 Å². The van der Waals surface area contributed by atoms with E-state index in [4.69, 9.17) is 31.9 Å². The molecular formula is C10H14ClN5NaO11P3. The minimum Gasteiger partial charge on any atom is -0.756 e. The molecule has 0 radical (unpaired) electrons. The van der Waals surface area contributed by atoms with Gasteiger partial charge in [0, 0.05) is 0 Å². The van der Waals surface area contributed by atoms with Gasteiger partial charge in [0.1, 0.15) is 11.7 Å². The summed E-state index contributed by atoms with van der Waals surface area (Å²) in [5, 5.41) is -0.0980. The van der Waals surface area contributed by atoms with Crippen molar-refractivity contribution in [3.8, 4) is 0 Å². The molecule has 0 amide bonds.